The number of hydrogen-bond acceptors (Lipinski definition) is 4. The third-order valence-corrected chi connectivity index (χ3v) is 1.32. The number of thiazole rings is 1. The molecule has 0 atom stereocenters. The maximum absolute atomic E-state index is 8.60. The van der Waals surface area contributed by atoms with E-state index in [0.717, 1.165) is 11.3 Å². The van der Waals surface area contributed by atoms with Gasteiger partial charge in [-0.2, -0.15) is 0 Å². The quantitative estimate of drug-likeness (QED) is 0.368. The second-order valence-electron chi connectivity index (χ2n) is 1.18. The molecular formula is C3H2N4OS. The van der Waals surface area contributed by atoms with Gasteiger partial charge in [0.05, 0.1) is 5.38 Å². The Balaban J connectivity index is 2.97. The fourth-order valence-corrected chi connectivity index (χ4v) is 0.834. The minimum atomic E-state index is -0.109. The van der Waals surface area contributed by atoms with Crippen molar-refractivity contribution in [1.82, 2.24) is 4.98 Å². The van der Waals surface area contributed by atoms with Gasteiger partial charge in [-0.05, 0) is 10.6 Å². The van der Waals surface area contributed by atoms with E-state index in [4.69, 9.17) is 10.6 Å². The molecule has 6 heteroatoms. The van der Waals surface area contributed by atoms with Crippen molar-refractivity contribution >= 4 is 16.5 Å². The van der Waals surface area contributed by atoms with Gasteiger partial charge in [0.1, 0.15) is 0 Å². The van der Waals surface area contributed by atoms with Crippen LogP contribution in [0.3, 0.4) is 0 Å². The minimum absolute atomic E-state index is 0.109. The van der Waals surface area contributed by atoms with Gasteiger partial charge in [-0.25, -0.2) is 4.98 Å². The van der Waals surface area contributed by atoms with Gasteiger partial charge in [-0.3, -0.25) is 0 Å². The van der Waals surface area contributed by atoms with Gasteiger partial charge in [0.25, 0.3) is 0 Å². The Morgan fingerprint density at radius 3 is 3.11 bits per heavy atom. The lowest BCUT2D eigenvalue weighted by atomic mass is 10.9. The molecule has 46 valence electrons. The summed E-state index contributed by atoms with van der Waals surface area (Å²) in [6.07, 6.45) is 0. The van der Waals surface area contributed by atoms with Crippen LogP contribution in [0, 0.1) is 0 Å². The van der Waals surface area contributed by atoms with Crippen LogP contribution >= 0.6 is 11.3 Å². The third kappa shape index (κ3) is 1.31. The molecule has 1 aromatic heterocycles. The van der Waals surface area contributed by atoms with E-state index in [1.807, 2.05) is 0 Å². The Kier molecular flexibility index (Phi) is 1.53. The number of azide groups is 1. The van der Waals surface area contributed by atoms with E-state index in [9.17, 15) is 0 Å². The molecule has 0 spiro atoms. The molecule has 0 amide bonds. The summed E-state index contributed by atoms with van der Waals surface area (Å²) in [7, 11) is 0. The molecule has 1 aromatic rings. The second kappa shape index (κ2) is 2.34. The molecule has 1 heterocycles. The molecule has 9 heavy (non-hydrogen) atoms. The normalized spacial score (nSPS) is 8.44. The second-order valence-corrected chi connectivity index (χ2v) is 2.01. The summed E-state index contributed by atoms with van der Waals surface area (Å²) in [5, 5.41) is 13.4. The lowest BCUT2D eigenvalue weighted by Crippen LogP contribution is -1.56. The topological polar surface area (TPSA) is 81.9 Å². The molecule has 0 aliphatic carbocycles. The zero-order valence-corrected chi connectivity index (χ0v) is 5.04. The van der Waals surface area contributed by atoms with Crippen molar-refractivity contribution in [3.63, 3.8) is 0 Å². The molecule has 1 N–H and O–H groups in total. The maximum atomic E-state index is 8.60. The summed E-state index contributed by atoms with van der Waals surface area (Å²) in [5.41, 5.74) is 7.87. The average molecular weight is 142 g/mol. The van der Waals surface area contributed by atoms with Gasteiger partial charge >= 0.3 is 0 Å². The smallest absolute Gasteiger partial charge is 0.222 e. The monoisotopic (exact) mass is 142 g/mol. The van der Waals surface area contributed by atoms with Crippen LogP contribution in [0.2, 0.25) is 0 Å². The van der Waals surface area contributed by atoms with Crippen molar-refractivity contribution < 1.29 is 5.11 Å². The molecule has 0 fully saturated rings. The summed E-state index contributed by atoms with van der Waals surface area (Å²) >= 11 is 1.09. The van der Waals surface area contributed by atoms with Crippen molar-refractivity contribution in [3.05, 3.63) is 15.8 Å². The van der Waals surface area contributed by atoms with Gasteiger partial charge in [0, 0.05) is 4.91 Å². The average Bonchev–Trinajstić information content (AvgIpc) is 2.17. The Morgan fingerprint density at radius 1 is 1.89 bits per heavy atom. The van der Waals surface area contributed by atoms with E-state index in [-0.39, 0.29) is 11.0 Å². The molecule has 0 saturated heterocycles. The highest BCUT2D eigenvalue weighted by Gasteiger charge is 1.93. The molecule has 0 unspecified atom stereocenters. The van der Waals surface area contributed by atoms with E-state index in [2.05, 4.69) is 15.0 Å². The fourth-order valence-electron chi connectivity index (χ4n) is 0.340. The molecule has 0 bridgehead atoms. The van der Waals surface area contributed by atoms with Crippen LogP contribution in [0.5, 0.6) is 5.88 Å². The lowest BCUT2D eigenvalue weighted by molar-refractivity contribution is 0.458. The van der Waals surface area contributed by atoms with Gasteiger partial charge in [0.15, 0.2) is 5.13 Å². The van der Waals surface area contributed by atoms with E-state index in [1.165, 1.54) is 5.38 Å². The van der Waals surface area contributed by atoms with Crippen LogP contribution in [0.15, 0.2) is 10.5 Å². The molecular weight excluding hydrogens is 140 g/mol. The fraction of sp³-hybridized carbons (Fsp3) is 0. The zero-order chi connectivity index (χ0) is 6.69. The van der Waals surface area contributed by atoms with E-state index in [0.29, 0.717) is 0 Å². The first kappa shape index (κ1) is 5.87. The van der Waals surface area contributed by atoms with Crippen molar-refractivity contribution in [1.29, 1.82) is 0 Å². The van der Waals surface area contributed by atoms with Gasteiger partial charge in [-0.1, -0.05) is 0 Å². The van der Waals surface area contributed by atoms with Crippen LogP contribution in [0.4, 0.5) is 5.13 Å². The Morgan fingerprint density at radius 2 is 2.67 bits per heavy atom. The predicted octanol–water partition coefficient (Wildman–Crippen LogP) is 1.79. The standard InChI is InChI=1S/C3H2N4OS/c4-7-6-3-5-2(8)1-9-3/h1,8H. The van der Waals surface area contributed by atoms with Crippen molar-refractivity contribution in [3.8, 4) is 5.88 Å². The summed E-state index contributed by atoms with van der Waals surface area (Å²) in [6.45, 7) is 0. The predicted molar refractivity (Wildman–Crippen MR) is 32.6 cm³/mol. The molecule has 0 aliphatic heterocycles. The van der Waals surface area contributed by atoms with Crippen LogP contribution in [0.25, 0.3) is 10.4 Å². The van der Waals surface area contributed by atoms with Crippen molar-refractivity contribution in [2.75, 3.05) is 0 Å². The van der Waals surface area contributed by atoms with Crippen molar-refractivity contribution in [2.45, 2.75) is 0 Å². The maximum Gasteiger partial charge on any atom is 0.222 e. The largest absolute Gasteiger partial charge is 0.493 e. The summed E-state index contributed by atoms with van der Waals surface area (Å²) in [5.74, 6) is -0.109. The minimum Gasteiger partial charge on any atom is -0.493 e. The zero-order valence-electron chi connectivity index (χ0n) is 4.22. The molecule has 5 nitrogen and oxygen atoms in total. The first-order valence-electron chi connectivity index (χ1n) is 2.02. The number of aromatic hydroxyl groups is 1. The molecule has 1 rings (SSSR count). The number of hydrogen-bond donors (Lipinski definition) is 1. The summed E-state index contributed by atoms with van der Waals surface area (Å²) in [4.78, 5) is 5.94. The molecule has 0 aromatic carbocycles. The third-order valence-electron chi connectivity index (χ3n) is 0.610. The van der Waals surface area contributed by atoms with Gasteiger partial charge in [-0.15, -0.1) is 11.3 Å². The highest BCUT2D eigenvalue weighted by Crippen LogP contribution is 2.21. The molecule has 0 saturated carbocycles. The Labute approximate surface area is 54.2 Å². The van der Waals surface area contributed by atoms with Gasteiger partial charge in [0.2, 0.25) is 5.88 Å². The lowest BCUT2D eigenvalue weighted by Gasteiger charge is -1.72. The highest BCUT2D eigenvalue weighted by atomic mass is 32.1. The van der Waals surface area contributed by atoms with Crippen LogP contribution in [-0.2, 0) is 0 Å². The van der Waals surface area contributed by atoms with Crippen LogP contribution < -0.4 is 0 Å². The van der Waals surface area contributed by atoms with E-state index >= 15 is 0 Å². The number of aromatic nitrogens is 1. The van der Waals surface area contributed by atoms with E-state index < -0.39 is 0 Å². The first-order chi connectivity index (χ1) is 4.33. The van der Waals surface area contributed by atoms with Crippen LogP contribution in [0.1, 0.15) is 0 Å². The van der Waals surface area contributed by atoms with Crippen LogP contribution in [-0.4, -0.2) is 10.1 Å². The Bertz CT molecular complexity index is 250. The molecule has 0 radical (unpaired) electrons. The SMILES string of the molecule is [N-]=[N+]=Nc1nc(O)cs1. The van der Waals surface area contributed by atoms with E-state index in [1.54, 1.807) is 0 Å². The summed E-state index contributed by atoms with van der Waals surface area (Å²) in [6, 6.07) is 0. The number of nitrogens with zero attached hydrogens (tertiary/aromatic N) is 4. The highest BCUT2D eigenvalue weighted by molar-refractivity contribution is 7.13. The molecule has 0 aliphatic rings. The number of rotatable bonds is 1. The first-order valence-corrected chi connectivity index (χ1v) is 2.90. The summed E-state index contributed by atoms with van der Waals surface area (Å²) < 4.78 is 0. The Hall–Kier alpha value is -1.26. The van der Waals surface area contributed by atoms with Gasteiger partial charge < -0.3 is 5.11 Å². The van der Waals surface area contributed by atoms with Crippen molar-refractivity contribution in [2.24, 2.45) is 5.11 Å².